The number of ether oxygens (including phenoxy) is 6. The molecule has 0 aliphatic rings. The number of carbonyl (C=O) groups excluding carboxylic acids is 2. The van der Waals surface area contributed by atoms with Crippen molar-refractivity contribution < 1.29 is 38.0 Å². The zero-order chi connectivity index (χ0) is 26.2. The van der Waals surface area contributed by atoms with Crippen LogP contribution < -0.4 is 18.9 Å². The minimum Gasteiger partial charge on any atom is -0.487 e. The molecule has 8 heteroatoms. The zero-order valence-corrected chi connectivity index (χ0v) is 22.1. The summed E-state index contributed by atoms with van der Waals surface area (Å²) in [6.07, 6.45) is 6.16. The first-order valence-corrected chi connectivity index (χ1v) is 13.1. The second-order valence-electron chi connectivity index (χ2n) is 8.25. The van der Waals surface area contributed by atoms with Gasteiger partial charge in [-0.15, -0.1) is 0 Å². The molecule has 0 amide bonds. The lowest BCUT2D eigenvalue weighted by atomic mass is 10.1. The molecule has 0 spiro atoms. The van der Waals surface area contributed by atoms with Crippen LogP contribution in [0.25, 0.3) is 10.8 Å². The van der Waals surface area contributed by atoms with E-state index in [1.54, 1.807) is 38.1 Å². The van der Waals surface area contributed by atoms with Crippen molar-refractivity contribution >= 4 is 23.1 Å². The normalized spacial score (nSPS) is 10.7. The summed E-state index contributed by atoms with van der Waals surface area (Å²) in [6.45, 7) is 8.90. The van der Waals surface area contributed by atoms with Crippen molar-refractivity contribution in [1.29, 1.82) is 0 Å². The third-order valence-electron chi connectivity index (χ3n) is 5.42. The van der Waals surface area contributed by atoms with E-state index >= 15 is 0 Å². The van der Waals surface area contributed by atoms with Crippen LogP contribution in [0.15, 0.2) is 24.3 Å². The molecule has 0 fully saturated rings. The Kier molecular flexibility index (Phi) is 13.3. The first-order chi connectivity index (χ1) is 17.6. The van der Waals surface area contributed by atoms with Crippen LogP contribution in [0, 0.1) is 0 Å². The van der Waals surface area contributed by atoms with Gasteiger partial charge in [0.05, 0.1) is 26.4 Å². The Morgan fingerprint density at radius 3 is 1.36 bits per heavy atom. The summed E-state index contributed by atoms with van der Waals surface area (Å²) < 4.78 is 33.5. The zero-order valence-electron chi connectivity index (χ0n) is 22.1. The number of hydrogen-bond donors (Lipinski definition) is 0. The van der Waals surface area contributed by atoms with Gasteiger partial charge in [-0.1, -0.05) is 76.6 Å². The van der Waals surface area contributed by atoms with E-state index in [1.165, 1.54) is 0 Å². The smallest absolute Gasteiger partial charge is 0.487 e. The summed E-state index contributed by atoms with van der Waals surface area (Å²) >= 11 is 0. The van der Waals surface area contributed by atoms with Crippen molar-refractivity contribution in [2.24, 2.45) is 0 Å². The highest BCUT2D eigenvalue weighted by molar-refractivity contribution is 6.00. The van der Waals surface area contributed by atoms with E-state index in [2.05, 4.69) is 13.8 Å². The fourth-order valence-electron chi connectivity index (χ4n) is 3.68. The molecule has 0 heterocycles. The van der Waals surface area contributed by atoms with E-state index in [0.29, 0.717) is 10.8 Å². The summed E-state index contributed by atoms with van der Waals surface area (Å²) in [5.74, 6) is 0.614. The number of benzene rings is 2. The lowest BCUT2D eigenvalue weighted by Gasteiger charge is -2.20. The highest BCUT2D eigenvalue weighted by atomic mass is 16.7. The van der Waals surface area contributed by atoms with Gasteiger partial charge in [0, 0.05) is 10.8 Å². The monoisotopic (exact) mass is 504 g/mol. The number of unbranched alkanes of at least 4 members (excludes halogenated alkanes) is 6. The molecule has 0 radical (unpaired) electrons. The molecule has 0 aliphatic heterocycles. The van der Waals surface area contributed by atoms with Crippen LogP contribution in [0.5, 0.6) is 23.0 Å². The Morgan fingerprint density at radius 1 is 0.583 bits per heavy atom. The largest absolute Gasteiger partial charge is 0.513 e. The van der Waals surface area contributed by atoms with E-state index in [4.69, 9.17) is 28.4 Å². The van der Waals surface area contributed by atoms with Crippen LogP contribution >= 0.6 is 0 Å². The predicted octanol–water partition coefficient (Wildman–Crippen LogP) is 7.83. The summed E-state index contributed by atoms with van der Waals surface area (Å²) in [6, 6.07) is 7.08. The van der Waals surface area contributed by atoms with Crippen molar-refractivity contribution in [2.75, 3.05) is 26.4 Å². The molecule has 2 rings (SSSR count). The van der Waals surface area contributed by atoms with E-state index in [0.717, 1.165) is 51.4 Å². The van der Waals surface area contributed by atoms with Gasteiger partial charge in [-0.3, -0.25) is 0 Å². The predicted molar refractivity (Wildman–Crippen MR) is 139 cm³/mol. The van der Waals surface area contributed by atoms with Crippen LogP contribution in [0.3, 0.4) is 0 Å². The molecular formula is C28H40O8. The number of carbonyl (C=O) groups is 2. The molecule has 0 atom stereocenters. The Balaban J connectivity index is 2.36. The van der Waals surface area contributed by atoms with Crippen LogP contribution in [0.2, 0.25) is 0 Å². The van der Waals surface area contributed by atoms with Crippen molar-refractivity contribution in [1.82, 2.24) is 0 Å². The van der Waals surface area contributed by atoms with Crippen LogP contribution in [-0.2, 0) is 9.47 Å². The van der Waals surface area contributed by atoms with Crippen molar-refractivity contribution in [3.63, 3.8) is 0 Å². The fraction of sp³-hybridized carbons (Fsp3) is 0.571. The molecule has 0 N–H and O–H groups in total. The van der Waals surface area contributed by atoms with Crippen molar-refractivity contribution in [3.05, 3.63) is 24.3 Å². The summed E-state index contributed by atoms with van der Waals surface area (Å²) in [5.41, 5.74) is 0. The standard InChI is InChI=1S/C28H40O8/c1-5-9-11-15-19-33-27(29)35-23-21-17-13-14-18-22(21)24(26(32-8-4)25(23)31-7-3)36-28(30)34-20-16-12-10-6-2/h13-14,17-18H,5-12,15-16,19-20H2,1-4H3. The molecule has 200 valence electrons. The molecule has 0 bridgehead atoms. The third-order valence-corrected chi connectivity index (χ3v) is 5.42. The van der Waals surface area contributed by atoms with Gasteiger partial charge in [-0.05, 0) is 26.7 Å². The maximum atomic E-state index is 12.5. The summed E-state index contributed by atoms with van der Waals surface area (Å²) in [5, 5.41) is 1.02. The van der Waals surface area contributed by atoms with Crippen molar-refractivity contribution in [2.45, 2.75) is 79.1 Å². The molecule has 0 saturated heterocycles. The Bertz CT molecular complexity index is 880. The Morgan fingerprint density at radius 2 is 1.00 bits per heavy atom. The molecule has 2 aromatic rings. The minimum absolute atomic E-state index is 0.148. The van der Waals surface area contributed by atoms with Gasteiger partial charge < -0.3 is 28.4 Å². The number of rotatable bonds is 16. The van der Waals surface area contributed by atoms with E-state index in [9.17, 15) is 9.59 Å². The molecule has 8 nitrogen and oxygen atoms in total. The molecule has 0 aliphatic carbocycles. The lowest BCUT2D eigenvalue weighted by Crippen LogP contribution is -2.15. The van der Waals surface area contributed by atoms with Crippen LogP contribution in [0.4, 0.5) is 9.59 Å². The SMILES string of the molecule is CCCCCCOC(=O)Oc1c(OCC)c(OCC)c(OC(=O)OCCCCCC)c2ccccc12. The molecular weight excluding hydrogens is 464 g/mol. The number of hydrogen-bond acceptors (Lipinski definition) is 8. The van der Waals surface area contributed by atoms with Gasteiger partial charge >= 0.3 is 12.3 Å². The highest BCUT2D eigenvalue weighted by Gasteiger charge is 2.28. The first-order valence-electron chi connectivity index (χ1n) is 13.1. The molecule has 0 unspecified atom stereocenters. The average molecular weight is 505 g/mol. The third kappa shape index (κ3) is 8.81. The molecule has 36 heavy (non-hydrogen) atoms. The van der Waals surface area contributed by atoms with Gasteiger partial charge in [0.25, 0.3) is 0 Å². The summed E-state index contributed by atoms with van der Waals surface area (Å²) in [7, 11) is 0. The highest BCUT2D eigenvalue weighted by Crippen LogP contribution is 2.51. The first kappa shape index (κ1) is 29.1. The second kappa shape index (κ2) is 16.5. The lowest BCUT2D eigenvalue weighted by molar-refractivity contribution is 0.0933. The minimum atomic E-state index is -0.833. The second-order valence-corrected chi connectivity index (χ2v) is 8.25. The molecule has 0 aromatic heterocycles. The van der Waals surface area contributed by atoms with Crippen molar-refractivity contribution in [3.8, 4) is 23.0 Å². The van der Waals surface area contributed by atoms with Crippen LogP contribution in [0.1, 0.15) is 79.1 Å². The Hall–Kier alpha value is -3.16. The maximum Gasteiger partial charge on any atom is 0.513 e. The quantitative estimate of drug-likeness (QED) is 0.130. The fourth-order valence-corrected chi connectivity index (χ4v) is 3.68. The molecule has 2 aromatic carbocycles. The van der Waals surface area contributed by atoms with E-state index < -0.39 is 12.3 Å². The Labute approximate surface area is 214 Å². The van der Waals surface area contributed by atoms with Gasteiger partial charge in [0.1, 0.15) is 0 Å². The van der Waals surface area contributed by atoms with E-state index in [-0.39, 0.29) is 49.4 Å². The maximum absolute atomic E-state index is 12.5. The van der Waals surface area contributed by atoms with Gasteiger partial charge in [0.15, 0.2) is 11.5 Å². The molecule has 0 saturated carbocycles. The van der Waals surface area contributed by atoms with Gasteiger partial charge in [-0.25, -0.2) is 9.59 Å². The van der Waals surface area contributed by atoms with E-state index in [1.807, 2.05) is 0 Å². The van der Waals surface area contributed by atoms with Crippen LogP contribution in [-0.4, -0.2) is 38.7 Å². The number of fused-ring (bicyclic) bond motifs is 1. The summed E-state index contributed by atoms with van der Waals surface area (Å²) in [4.78, 5) is 25.0. The van der Waals surface area contributed by atoms with Gasteiger partial charge in [0.2, 0.25) is 11.5 Å². The average Bonchev–Trinajstić information content (AvgIpc) is 2.87. The topological polar surface area (TPSA) is 89.5 Å². The van der Waals surface area contributed by atoms with Gasteiger partial charge in [-0.2, -0.15) is 0 Å².